The van der Waals surface area contributed by atoms with Gasteiger partial charge in [-0.25, -0.2) is 9.48 Å². The van der Waals surface area contributed by atoms with Crippen LogP contribution in [0.4, 0.5) is 29.5 Å². The predicted molar refractivity (Wildman–Crippen MR) is 131 cm³/mol. The highest BCUT2D eigenvalue weighted by molar-refractivity contribution is 6.30. The number of nitrogens with two attached hydrogens (primary N) is 1. The van der Waals surface area contributed by atoms with Crippen LogP contribution < -0.4 is 16.4 Å². The van der Waals surface area contributed by atoms with Crippen molar-refractivity contribution in [3.8, 4) is 16.9 Å². The van der Waals surface area contributed by atoms with E-state index in [2.05, 4.69) is 15.7 Å². The Morgan fingerprint density at radius 3 is 2.26 bits per heavy atom. The molecule has 0 atom stereocenters. The van der Waals surface area contributed by atoms with Gasteiger partial charge in [-0.05, 0) is 48.4 Å². The number of nitrogen functional groups attached to an aromatic ring is 1. The quantitative estimate of drug-likeness (QED) is 0.297. The van der Waals surface area contributed by atoms with Crippen molar-refractivity contribution < 1.29 is 18.0 Å². The van der Waals surface area contributed by atoms with Gasteiger partial charge in [-0.1, -0.05) is 54.1 Å². The van der Waals surface area contributed by atoms with E-state index in [0.717, 1.165) is 17.7 Å². The number of carbonyl (C=O) groups is 1. The van der Waals surface area contributed by atoms with Gasteiger partial charge in [-0.2, -0.15) is 18.3 Å². The third kappa shape index (κ3) is 5.75. The van der Waals surface area contributed by atoms with Gasteiger partial charge >= 0.3 is 12.2 Å². The van der Waals surface area contributed by atoms with Gasteiger partial charge in [-0.3, -0.25) is 0 Å². The zero-order valence-electron chi connectivity index (χ0n) is 18.3. The number of amides is 2. The number of nitrogens with one attached hydrogen (secondary N) is 2. The van der Waals surface area contributed by atoms with E-state index in [9.17, 15) is 18.0 Å². The van der Waals surface area contributed by atoms with Crippen LogP contribution in [0.25, 0.3) is 16.9 Å². The molecule has 0 fully saturated rings. The first kappa shape index (κ1) is 24.2. The lowest BCUT2D eigenvalue weighted by molar-refractivity contribution is -0.137. The molecule has 0 aliphatic rings. The number of halogens is 4. The fourth-order valence-corrected chi connectivity index (χ4v) is 3.60. The molecule has 1 aromatic heterocycles. The first-order chi connectivity index (χ1) is 16.7. The molecule has 0 saturated heterocycles. The molecule has 2 amide bonds. The Morgan fingerprint density at radius 2 is 1.63 bits per heavy atom. The van der Waals surface area contributed by atoms with Crippen molar-refractivity contribution in [2.24, 2.45) is 0 Å². The maximum absolute atomic E-state index is 13.0. The summed E-state index contributed by atoms with van der Waals surface area (Å²) in [5.41, 5.74) is 8.08. The molecule has 6 nitrogen and oxygen atoms in total. The van der Waals surface area contributed by atoms with E-state index < -0.39 is 17.8 Å². The number of benzene rings is 3. The number of rotatable bonds is 6. The van der Waals surface area contributed by atoms with Gasteiger partial charge in [0, 0.05) is 17.1 Å². The fraction of sp³-hybridized carbons (Fsp3) is 0.120. The SMILES string of the molecule is Nc1c(NC(=O)NCCc2ccccc2)c(-c2ccc(Cl)cc2)nn1-c1ccc(C(F)(F)F)cc1. The number of nitrogens with zero attached hydrogens (tertiary/aromatic N) is 2. The van der Waals surface area contributed by atoms with E-state index in [1.807, 2.05) is 30.3 Å². The average molecular weight is 500 g/mol. The van der Waals surface area contributed by atoms with Crippen molar-refractivity contribution in [1.29, 1.82) is 0 Å². The van der Waals surface area contributed by atoms with Crippen molar-refractivity contribution in [2.45, 2.75) is 12.6 Å². The largest absolute Gasteiger partial charge is 0.416 e. The molecular formula is C25H21ClF3N5O. The molecule has 10 heteroatoms. The Balaban J connectivity index is 1.61. The van der Waals surface area contributed by atoms with Gasteiger partial charge in [0.05, 0.1) is 11.3 Å². The highest BCUT2D eigenvalue weighted by Gasteiger charge is 2.30. The van der Waals surface area contributed by atoms with E-state index in [1.54, 1.807) is 24.3 Å². The second-order valence-corrected chi connectivity index (χ2v) is 8.13. The lowest BCUT2D eigenvalue weighted by atomic mass is 10.1. The molecule has 0 aliphatic heterocycles. The molecule has 1 heterocycles. The molecule has 0 radical (unpaired) electrons. The standard InChI is InChI=1S/C25H21ClF3N5O/c26-19-10-6-17(7-11-19)21-22(32-24(35)31-15-14-16-4-2-1-3-5-16)23(30)34(33-21)20-12-8-18(9-13-20)25(27,28)29/h1-13H,14-15,30H2,(H2,31,32,35). The topological polar surface area (TPSA) is 85.0 Å². The monoisotopic (exact) mass is 499 g/mol. The zero-order valence-corrected chi connectivity index (χ0v) is 19.1. The summed E-state index contributed by atoms with van der Waals surface area (Å²) in [4.78, 5) is 12.6. The highest BCUT2D eigenvalue weighted by Crippen LogP contribution is 2.35. The van der Waals surface area contributed by atoms with E-state index in [0.29, 0.717) is 34.9 Å². The average Bonchev–Trinajstić information content (AvgIpc) is 3.15. The van der Waals surface area contributed by atoms with Crippen LogP contribution in [-0.2, 0) is 12.6 Å². The summed E-state index contributed by atoms with van der Waals surface area (Å²) in [5, 5.41) is 10.5. The number of alkyl halides is 3. The maximum Gasteiger partial charge on any atom is 0.416 e. The van der Waals surface area contributed by atoms with Gasteiger partial charge in [-0.15, -0.1) is 0 Å². The molecule has 35 heavy (non-hydrogen) atoms. The highest BCUT2D eigenvalue weighted by atomic mass is 35.5. The molecule has 0 spiro atoms. The normalized spacial score (nSPS) is 11.3. The van der Waals surface area contributed by atoms with Crippen molar-refractivity contribution in [1.82, 2.24) is 15.1 Å². The predicted octanol–water partition coefficient (Wildman–Crippen LogP) is 6.16. The van der Waals surface area contributed by atoms with E-state index >= 15 is 0 Å². The van der Waals surface area contributed by atoms with Gasteiger partial charge in [0.2, 0.25) is 0 Å². The lowest BCUT2D eigenvalue weighted by Gasteiger charge is -2.10. The minimum absolute atomic E-state index is 0.0629. The number of hydrogen-bond donors (Lipinski definition) is 3. The van der Waals surface area contributed by atoms with E-state index in [-0.39, 0.29) is 11.5 Å². The van der Waals surface area contributed by atoms with Crippen molar-refractivity contribution in [2.75, 3.05) is 17.6 Å². The molecule has 4 aromatic rings. The third-order valence-electron chi connectivity index (χ3n) is 5.26. The molecule has 180 valence electrons. The number of carbonyl (C=O) groups excluding carboxylic acids is 1. The van der Waals surface area contributed by atoms with Gasteiger partial charge in [0.15, 0.2) is 5.82 Å². The maximum atomic E-state index is 13.0. The van der Waals surface area contributed by atoms with Gasteiger partial charge in [0.25, 0.3) is 0 Å². The Labute approximate surface area is 204 Å². The second kappa shape index (κ2) is 10.1. The molecule has 4 rings (SSSR count). The number of urea groups is 1. The summed E-state index contributed by atoms with van der Waals surface area (Å²) in [7, 11) is 0. The van der Waals surface area contributed by atoms with Crippen molar-refractivity contribution >= 4 is 29.1 Å². The van der Waals surface area contributed by atoms with Crippen LogP contribution >= 0.6 is 11.6 Å². The molecule has 0 bridgehead atoms. The Hall–Kier alpha value is -3.98. The van der Waals surface area contributed by atoms with E-state index in [1.165, 1.54) is 16.8 Å². The van der Waals surface area contributed by atoms with Crippen LogP contribution in [0.15, 0.2) is 78.9 Å². The zero-order chi connectivity index (χ0) is 25.0. The van der Waals surface area contributed by atoms with Crippen LogP contribution in [-0.4, -0.2) is 22.4 Å². The number of hydrogen-bond acceptors (Lipinski definition) is 3. The molecule has 3 aromatic carbocycles. The second-order valence-electron chi connectivity index (χ2n) is 7.69. The van der Waals surface area contributed by atoms with Gasteiger partial charge in [0.1, 0.15) is 11.4 Å². The Kier molecular flexibility index (Phi) is 6.97. The Bertz CT molecular complexity index is 1300. The summed E-state index contributed by atoms with van der Waals surface area (Å²) in [5.74, 6) is 0.0629. The van der Waals surface area contributed by atoms with Crippen LogP contribution in [0.1, 0.15) is 11.1 Å². The number of anilines is 2. The summed E-state index contributed by atoms with van der Waals surface area (Å²) in [6.07, 6.45) is -3.83. The summed E-state index contributed by atoms with van der Waals surface area (Å²) in [6.45, 7) is 0.388. The minimum atomic E-state index is -4.47. The first-order valence-electron chi connectivity index (χ1n) is 10.6. The molecule has 0 unspecified atom stereocenters. The number of aromatic nitrogens is 2. The smallest absolute Gasteiger partial charge is 0.382 e. The summed E-state index contributed by atoms with van der Waals surface area (Å²) < 4.78 is 40.2. The lowest BCUT2D eigenvalue weighted by Crippen LogP contribution is -2.30. The summed E-state index contributed by atoms with van der Waals surface area (Å²) >= 11 is 5.99. The van der Waals surface area contributed by atoms with Crippen LogP contribution in [0, 0.1) is 0 Å². The van der Waals surface area contributed by atoms with Crippen LogP contribution in [0.5, 0.6) is 0 Å². The first-order valence-corrected chi connectivity index (χ1v) is 11.0. The molecule has 4 N–H and O–H groups in total. The third-order valence-corrected chi connectivity index (χ3v) is 5.51. The van der Waals surface area contributed by atoms with Crippen molar-refractivity contribution in [3.63, 3.8) is 0 Å². The fourth-order valence-electron chi connectivity index (χ4n) is 3.48. The van der Waals surface area contributed by atoms with Crippen molar-refractivity contribution in [3.05, 3.63) is 95.0 Å². The summed E-state index contributed by atoms with van der Waals surface area (Å²) in [6, 6.07) is 20.4. The van der Waals surface area contributed by atoms with Gasteiger partial charge < -0.3 is 16.4 Å². The molecule has 0 aliphatic carbocycles. The Morgan fingerprint density at radius 1 is 0.971 bits per heavy atom. The molecular weight excluding hydrogens is 479 g/mol. The van der Waals surface area contributed by atoms with Crippen LogP contribution in [0.3, 0.4) is 0 Å². The van der Waals surface area contributed by atoms with E-state index in [4.69, 9.17) is 17.3 Å². The molecule has 0 saturated carbocycles. The minimum Gasteiger partial charge on any atom is -0.382 e. The van der Waals surface area contributed by atoms with Crippen LogP contribution in [0.2, 0.25) is 5.02 Å².